The molecule has 0 radical (unpaired) electrons. The average Bonchev–Trinajstić information content (AvgIpc) is 2.21. The standard InChI is InChI=1S/C13H18FNO2/c1-8-5-6-10(7-11(8)14)12(17)15-13(3,4)9(2)16/h5-7,9,16H,1-4H3,(H,15,17). The van der Waals surface area contributed by atoms with Crippen LogP contribution in [0.15, 0.2) is 18.2 Å². The Morgan fingerprint density at radius 1 is 1.47 bits per heavy atom. The third-order valence-corrected chi connectivity index (χ3v) is 2.91. The zero-order valence-electron chi connectivity index (χ0n) is 10.5. The van der Waals surface area contributed by atoms with Gasteiger partial charge in [-0.3, -0.25) is 4.79 Å². The smallest absolute Gasteiger partial charge is 0.251 e. The van der Waals surface area contributed by atoms with Crippen LogP contribution >= 0.6 is 0 Å². The molecule has 0 aliphatic carbocycles. The van der Waals surface area contributed by atoms with Gasteiger partial charge in [-0.2, -0.15) is 0 Å². The summed E-state index contributed by atoms with van der Waals surface area (Å²) in [7, 11) is 0. The molecule has 2 N–H and O–H groups in total. The van der Waals surface area contributed by atoms with Gasteiger partial charge in [-0.05, 0) is 45.4 Å². The van der Waals surface area contributed by atoms with Gasteiger partial charge in [-0.25, -0.2) is 4.39 Å². The summed E-state index contributed by atoms with van der Waals surface area (Å²) < 4.78 is 13.3. The summed E-state index contributed by atoms with van der Waals surface area (Å²) in [6.07, 6.45) is -0.693. The van der Waals surface area contributed by atoms with Crippen LogP contribution in [-0.2, 0) is 0 Å². The second kappa shape index (κ2) is 4.84. The predicted molar refractivity (Wildman–Crippen MR) is 64.4 cm³/mol. The lowest BCUT2D eigenvalue weighted by molar-refractivity contribution is 0.0709. The van der Waals surface area contributed by atoms with Crippen molar-refractivity contribution in [3.05, 3.63) is 35.1 Å². The van der Waals surface area contributed by atoms with E-state index in [-0.39, 0.29) is 5.56 Å². The van der Waals surface area contributed by atoms with Crippen LogP contribution in [0.25, 0.3) is 0 Å². The molecule has 0 aliphatic rings. The molecule has 1 rings (SSSR count). The molecule has 0 aromatic heterocycles. The minimum atomic E-state index is -0.752. The van der Waals surface area contributed by atoms with Crippen molar-refractivity contribution < 1.29 is 14.3 Å². The summed E-state index contributed by atoms with van der Waals surface area (Å²) in [4.78, 5) is 11.8. The Morgan fingerprint density at radius 2 is 2.06 bits per heavy atom. The molecule has 1 atom stereocenters. The maximum absolute atomic E-state index is 13.3. The van der Waals surface area contributed by atoms with Gasteiger partial charge in [0.25, 0.3) is 5.91 Å². The number of hydrogen-bond donors (Lipinski definition) is 2. The summed E-state index contributed by atoms with van der Waals surface area (Å²) in [6, 6.07) is 4.31. The number of benzene rings is 1. The van der Waals surface area contributed by atoms with Crippen molar-refractivity contribution in [2.75, 3.05) is 0 Å². The number of aliphatic hydroxyl groups excluding tert-OH is 1. The largest absolute Gasteiger partial charge is 0.391 e. The lowest BCUT2D eigenvalue weighted by Gasteiger charge is -2.29. The predicted octanol–water partition coefficient (Wildman–Crippen LogP) is 2.02. The van der Waals surface area contributed by atoms with E-state index in [1.54, 1.807) is 39.8 Å². The number of carbonyl (C=O) groups is 1. The highest BCUT2D eigenvalue weighted by molar-refractivity contribution is 5.94. The van der Waals surface area contributed by atoms with Gasteiger partial charge in [0.1, 0.15) is 5.82 Å². The first-order chi connectivity index (χ1) is 7.74. The molecule has 94 valence electrons. The second-order valence-corrected chi connectivity index (χ2v) is 4.82. The van der Waals surface area contributed by atoms with Crippen molar-refractivity contribution in [2.24, 2.45) is 0 Å². The van der Waals surface area contributed by atoms with Crippen molar-refractivity contribution in [1.29, 1.82) is 0 Å². The molecule has 3 nitrogen and oxygen atoms in total. The van der Waals surface area contributed by atoms with Gasteiger partial charge in [0.15, 0.2) is 0 Å². The number of rotatable bonds is 3. The molecule has 1 aromatic carbocycles. The van der Waals surface area contributed by atoms with E-state index in [0.29, 0.717) is 5.56 Å². The van der Waals surface area contributed by atoms with E-state index in [9.17, 15) is 14.3 Å². The number of hydrogen-bond acceptors (Lipinski definition) is 2. The molecule has 0 fully saturated rings. The Bertz CT molecular complexity index is 427. The summed E-state index contributed by atoms with van der Waals surface area (Å²) in [6.45, 7) is 6.65. The van der Waals surface area contributed by atoms with Gasteiger partial charge in [-0.15, -0.1) is 0 Å². The number of halogens is 1. The first-order valence-corrected chi connectivity index (χ1v) is 5.51. The lowest BCUT2D eigenvalue weighted by atomic mass is 9.98. The van der Waals surface area contributed by atoms with Crippen LogP contribution in [0.3, 0.4) is 0 Å². The molecule has 0 spiro atoms. The van der Waals surface area contributed by atoms with Crippen LogP contribution in [0.5, 0.6) is 0 Å². The molecular formula is C13H18FNO2. The second-order valence-electron chi connectivity index (χ2n) is 4.82. The number of aryl methyl sites for hydroxylation is 1. The number of nitrogens with one attached hydrogen (secondary N) is 1. The van der Waals surface area contributed by atoms with Crippen molar-refractivity contribution in [3.63, 3.8) is 0 Å². The Morgan fingerprint density at radius 3 is 2.53 bits per heavy atom. The molecule has 0 bridgehead atoms. The first-order valence-electron chi connectivity index (χ1n) is 5.51. The van der Waals surface area contributed by atoms with E-state index in [2.05, 4.69) is 5.32 Å². The summed E-state index contributed by atoms with van der Waals surface area (Å²) in [5, 5.41) is 12.1. The maximum atomic E-state index is 13.3. The van der Waals surface area contributed by atoms with Gasteiger partial charge in [0, 0.05) is 5.56 Å². The molecule has 0 heterocycles. The van der Waals surface area contributed by atoms with Crippen molar-refractivity contribution in [2.45, 2.75) is 39.3 Å². The van der Waals surface area contributed by atoms with E-state index in [1.165, 1.54) is 6.07 Å². The van der Waals surface area contributed by atoms with Crippen LogP contribution in [0, 0.1) is 12.7 Å². The minimum Gasteiger partial charge on any atom is -0.391 e. The van der Waals surface area contributed by atoms with Crippen LogP contribution < -0.4 is 5.32 Å². The van der Waals surface area contributed by atoms with Gasteiger partial charge in [0.05, 0.1) is 11.6 Å². The van der Waals surface area contributed by atoms with Crippen molar-refractivity contribution >= 4 is 5.91 Å². The highest BCUT2D eigenvalue weighted by Crippen LogP contribution is 2.13. The summed E-state index contributed by atoms with van der Waals surface area (Å²) in [5.74, 6) is -0.803. The molecule has 1 aromatic rings. The Kier molecular flexibility index (Phi) is 3.88. The van der Waals surface area contributed by atoms with E-state index in [1.807, 2.05) is 0 Å². The fourth-order valence-corrected chi connectivity index (χ4v) is 1.20. The third-order valence-electron chi connectivity index (χ3n) is 2.91. The third kappa shape index (κ3) is 3.27. The van der Waals surface area contributed by atoms with Gasteiger partial charge in [-0.1, -0.05) is 6.07 Å². The topological polar surface area (TPSA) is 49.3 Å². The highest BCUT2D eigenvalue weighted by Gasteiger charge is 2.26. The molecule has 1 amide bonds. The number of amides is 1. The SMILES string of the molecule is Cc1ccc(C(=O)NC(C)(C)C(C)O)cc1F. The Balaban J connectivity index is 2.87. The Hall–Kier alpha value is -1.42. The zero-order valence-corrected chi connectivity index (χ0v) is 10.5. The van der Waals surface area contributed by atoms with E-state index in [0.717, 1.165) is 0 Å². The molecule has 4 heteroatoms. The molecular weight excluding hydrogens is 221 g/mol. The monoisotopic (exact) mass is 239 g/mol. The first kappa shape index (κ1) is 13.6. The van der Waals surface area contributed by atoms with E-state index >= 15 is 0 Å². The van der Waals surface area contributed by atoms with E-state index < -0.39 is 23.4 Å². The number of aliphatic hydroxyl groups is 1. The van der Waals surface area contributed by atoms with Crippen molar-refractivity contribution in [3.8, 4) is 0 Å². The summed E-state index contributed by atoms with van der Waals surface area (Å²) in [5.41, 5.74) is -0.00324. The van der Waals surface area contributed by atoms with E-state index in [4.69, 9.17) is 0 Å². The summed E-state index contributed by atoms with van der Waals surface area (Å²) >= 11 is 0. The minimum absolute atomic E-state index is 0.252. The van der Waals surface area contributed by atoms with Crippen LogP contribution in [0.2, 0.25) is 0 Å². The van der Waals surface area contributed by atoms with Gasteiger partial charge >= 0.3 is 0 Å². The molecule has 0 aliphatic heterocycles. The van der Waals surface area contributed by atoms with Crippen LogP contribution in [0.1, 0.15) is 36.7 Å². The quantitative estimate of drug-likeness (QED) is 0.847. The average molecular weight is 239 g/mol. The molecule has 0 saturated carbocycles. The fourth-order valence-electron chi connectivity index (χ4n) is 1.20. The number of carbonyl (C=O) groups excluding carboxylic acids is 1. The lowest BCUT2D eigenvalue weighted by Crippen LogP contribution is -2.51. The molecule has 1 unspecified atom stereocenters. The fraction of sp³-hybridized carbons (Fsp3) is 0.462. The highest BCUT2D eigenvalue weighted by atomic mass is 19.1. The Labute approximate surface area is 101 Å². The zero-order chi connectivity index (χ0) is 13.2. The van der Waals surface area contributed by atoms with Crippen LogP contribution in [0.4, 0.5) is 4.39 Å². The van der Waals surface area contributed by atoms with Gasteiger partial charge in [0.2, 0.25) is 0 Å². The van der Waals surface area contributed by atoms with Gasteiger partial charge < -0.3 is 10.4 Å². The normalized spacial score (nSPS) is 13.3. The molecule has 17 heavy (non-hydrogen) atoms. The molecule has 0 saturated heterocycles. The maximum Gasteiger partial charge on any atom is 0.251 e. The van der Waals surface area contributed by atoms with Crippen LogP contribution in [-0.4, -0.2) is 22.7 Å². The van der Waals surface area contributed by atoms with Crippen molar-refractivity contribution in [1.82, 2.24) is 5.32 Å².